The van der Waals surface area contributed by atoms with Gasteiger partial charge >= 0.3 is 0 Å². The van der Waals surface area contributed by atoms with Gasteiger partial charge in [0.2, 0.25) is 5.91 Å². The van der Waals surface area contributed by atoms with E-state index in [2.05, 4.69) is 15.2 Å². The van der Waals surface area contributed by atoms with E-state index in [1.807, 2.05) is 34.0 Å². The van der Waals surface area contributed by atoms with Crippen LogP contribution in [-0.2, 0) is 11.2 Å². The number of furan rings is 1. The van der Waals surface area contributed by atoms with Gasteiger partial charge in [0.05, 0.1) is 0 Å². The highest BCUT2D eigenvalue weighted by Crippen LogP contribution is 2.25. The summed E-state index contributed by atoms with van der Waals surface area (Å²) in [6.07, 6.45) is 1.32. The molecule has 0 atom stereocenters. The number of nitrogens with one attached hydrogen (secondary N) is 1. The van der Waals surface area contributed by atoms with Gasteiger partial charge in [-0.25, -0.2) is 4.98 Å². The largest absolute Gasteiger partial charge is 0.459 e. The molecule has 0 unspecified atom stereocenters. The van der Waals surface area contributed by atoms with Crippen molar-refractivity contribution in [3.63, 3.8) is 0 Å². The fraction of sp³-hybridized carbons (Fsp3) is 0.467. The monoisotopic (exact) mass is 275 g/mol. The number of hydrogen-bond donors (Lipinski definition) is 1. The summed E-state index contributed by atoms with van der Waals surface area (Å²) in [7, 11) is 4.08. The molecule has 20 heavy (non-hydrogen) atoms. The number of pyridine rings is 1. The normalized spacial score (nSPS) is 11.2. The van der Waals surface area contributed by atoms with Crippen LogP contribution in [0.4, 0.5) is 5.82 Å². The van der Waals surface area contributed by atoms with Crippen LogP contribution in [-0.4, -0.2) is 36.4 Å². The molecule has 0 aromatic carbocycles. The van der Waals surface area contributed by atoms with Crippen molar-refractivity contribution in [2.24, 2.45) is 0 Å². The van der Waals surface area contributed by atoms with E-state index < -0.39 is 0 Å². The molecule has 2 rings (SSSR count). The molecule has 0 aliphatic carbocycles. The summed E-state index contributed by atoms with van der Waals surface area (Å²) >= 11 is 0. The first-order chi connectivity index (χ1) is 9.51. The maximum Gasteiger partial charge on any atom is 0.225 e. The summed E-state index contributed by atoms with van der Waals surface area (Å²) in [5.74, 6) is 1.44. The Morgan fingerprint density at radius 2 is 2.15 bits per heavy atom. The molecule has 0 aliphatic rings. The average Bonchev–Trinajstić information content (AvgIpc) is 2.71. The van der Waals surface area contributed by atoms with Gasteiger partial charge in [0.1, 0.15) is 17.1 Å². The minimum atomic E-state index is -0.0353. The van der Waals surface area contributed by atoms with Gasteiger partial charge in [-0.1, -0.05) is 6.92 Å². The molecule has 0 saturated heterocycles. The summed E-state index contributed by atoms with van der Waals surface area (Å²) < 4.78 is 5.72. The maximum atomic E-state index is 11.4. The molecule has 5 nitrogen and oxygen atoms in total. The van der Waals surface area contributed by atoms with Gasteiger partial charge in [0.25, 0.3) is 0 Å². The minimum Gasteiger partial charge on any atom is -0.459 e. The zero-order valence-corrected chi connectivity index (χ0v) is 12.5. The molecule has 108 valence electrons. The molecule has 0 saturated carbocycles. The lowest BCUT2D eigenvalue weighted by atomic mass is 10.1. The Balaban J connectivity index is 2.33. The van der Waals surface area contributed by atoms with Gasteiger partial charge in [0.15, 0.2) is 5.58 Å². The lowest BCUT2D eigenvalue weighted by Gasteiger charge is -2.08. The highest BCUT2D eigenvalue weighted by molar-refractivity contribution is 5.91. The van der Waals surface area contributed by atoms with Gasteiger partial charge in [-0.2, -0.15) is 0 Å². The number of rotatable bonds is 5. The molecule has 5 heteroatoms. The molecule has 0 aliphatic heterocycles. The highest BCUT2D eigenvalue weighted by atomic mass is 16.3. The second kappa shape index (κ2) is 6.05. The van der Waals surface area contributed by atoms with E-state index in [9.17, 15) is 4.79 Å². The number of likely N-dealkylation sites (N-methyl/N-ethyl adjacent to an activating group) is 1. The first-order valence-electron chi connectivity index (χ1n) is 6.85. The topological polar surface area (TPSA) is 58.4 Å². The number of hydrogen-bond acceptors (Lipinski definition) is 4. The van der Waals surface area contributed by atoms with Crippen molar-refractivity contribution in [2.45, 2.75) is 26.7 Å². The van der Waals surface area contributed by atoms with Crippen LogP contribution in [0.2, 0.25) is 0 Å². The molecular formula is C15H21N3O2. The second-order valence-corrected chi connectivity index (χ2v) is 5.14. The Bertz CT molecular complexity index is 617. The van der Waals surface area contributed by atoms with Crippen molar-refractivity contribution in [2.75, 3.05) is 26.0 Å². The number of aryl methyl sites for hydroxylation is 1. The third-order valence-corrected chi connectivity index (χ3v) is 3.23. The summed E-state index contributed by atoms with van der Waals surface area (Å²) in [5.41, 5.74) is 2.73. The zero-order chi connectivity index (χ0) is 14.7. The van der Waals surface area contributed by atoms with Crippen LogP contribution >= 0.6 is 0 Å². The molecule has 0 fully saturated rings. The molecule has 1 amide bonds. The number of aromatic nitrogens is 1. The van der Waals surface area contributed by atoms with Crippen LogP contribution in [0.3, 0.4) is 0 Å². The zero-order valence-electron chi connectivity index (χ0n) is 12.5. The van der Waals surface area contributed by atoms with Gasteiger partial charge in [0, 0.05) is 18.5 Å². The SMILES string of the molecule is CCC(=O)Nc1ccc2oc(C)c(CCN(C)C)c2n1. The smallest absolute Gasteiger partial charge is 0.225 e. The van der Waals surface area contributed by atoms with E-state index >= 15 is 0 Å². The van der Waals surface area contributed by atoms with E-state index in [-0.39, 0.29) is 5.91 Å². The second-order valence-electron chi connectivity index (χ2n) is 5.14. The van der Waals surface area contributed by atoms with E-state index in [4.69, 9.17) is 4.42 Å². The fourth-order valence-electron chi connectivity index (χ4n) is 2.07. The van der Waals surface area contributed by atoms with Crippen LogP contribution < -0.4 is 5.32 Å². The van der Waals surface area contributed by atoms with Gasteiger partial charge in [-0.05, 0) is 39.6 Å². The Hall–Kier alpha value is -1.88. The van der Waals surface area contributed by atoms with E-state index in [0.717, 1.165) is 35.4 Å². The minimum absolute atomic E-state index is 0.0353. The molecule has 2 aromatic heterocycles. The first-order valence-corrected chi connectivity index (χ1v) is 6.85. The number of anilines is 1. The standard InChI is InChI=1S/C15H21N3O2/c1-5-14(19)16-13-7-6-12-15(17-13)11(10(2)20-12)8-9-18(3)4/h6-7H,5,8-9H2,1-4H3,(H,16,17,19). The number of amides is 1. The molecule has 0 spiro atoms. The molecule has 0 radical (unpaired) electrons. The molecule has 1 N–H and O–H groups in total. The maximum absolute atomic E-state index is 11.4. The number of fused-ring (bicyclic) bond motifs is 1. The molecule has 2 heterocycles. The van der Waals surface area contributed by atoms with Crippen molar-refractivity contribution >= 4 is 22.8 Å². The van der Waals surface area contributed by atoms with Crippen molar-refractivity contribution in [1.29, 1.82) is 0 Å². The number of nitrogens with zero attached hydrogens (tertiary/aromatic N) is 2. The predicted molar refractivity (Wildman–Crippen MR) is 79.9 cm³/mol. The number of carbonyl (C=O) groups excluding carboxylic acids is 1. The average molecular weight is 275 g/mol. The lowest BCUT2D eigenvalue weighted by molar-refractivity contribution is -0.115. The Morgan fingerprint density at radius 1 is 1.40 bits per heavy atom. The van der Waals surface area contributed by atoms with E-state index in [0.29, 0.717) is 12.2 Å². The Morgan fingerprint density at radius 3 is 2.80 bits per heavy atom. The van der Waals surface area contributed by atoms with Gasteiger partial charge in [-0.15, -0.1) is 0 Å². The van der Waals surface area contributed by atoms with Crippen LogP contribution in [0.1, 0.15) is 24.7 Å². The van der Waals surface area contributed by atoms with E-state index in [1.54, 1.807) is 6.07 Å². The summed E-state index contributed by atoms with van der Waals surface area (Å²) in [6.45, 7) is 4.71. The van der Waals surface area contributed by atoms with Crippen molar-refractivity contribution < 1.29 is 9.21 Å². The summed E-state index contributed by atoms with van der Waals surface area (Å²) in [4.78, 5) is 18.1. The summed E-state index contributed by atoms with van der Waals surface area (Å²) in [5, 5.41) is 2.78. The predicted octanol–water partition coefficient (Wildman–Crippen LogP) is 2.59. The van der Waals surface area contributed by atoms with Crippen molar-refractivity contribution in [1.82, 2.24) is 9.88 Å². The third-order valence-electron chi connectivity index (χ3n) is 3.23. The van der Waals surface area contributed by atoms with Crippen molar-refractivity contribution in [3.05, 3.63) is 23.5 Å². The first kappa shape index (κ1) is 14.5. The molecule has 2 aromatic rings. The highest BCUT2D eigenvalue weighted by Gasteiger charge is 2.13. The van der Waals surface area contributed by atoms with Gasteiger partial charge in [-0.3, -0.25) is 4.79 Å². The Kier molecular flexibility index (Phi) is 4.39. The van der Waals surface area contributed by atoms with E-state index in [1.165, 1.54) is 0 Å². The number of carbonyl (C=O) groups is 1. The molecule has 0 bridgehead atoms. The van der Waals surface area contributed by atoms with Crippen molar-refractivity contribution in [3.8, 4) is 0 Å². The van der Waals surface area contributed by atoms with Crippen LogP contribution in [0.25, 0.3) is 11.1 Å². The van der Waals surface area contributed by atoms with Crippen LogP contribution in [0.5, 0.6) is 0 Å². The lowest BCUT2D eigenvalue weighted by Crippen LogP contribution is -2.15. The molecular weight excluding hydrogens is 254 g/mol. The Labute approximate surface area is 119 Å². The summed E-state index contributed by atoms with van der Waals surface area (Å²) in [6, 6.07) is 3.63. The third kappa shape index (κ3) is 3.17. The van der Waals surface area contributed by atoms with Crippen LogP contribution in [0, 0.1) is 6.92 Å². The fourth-order valence-corrected chi connectivity index (χ4v) is 2.07. The van der Waals surface area contributed by atoms with Gasteiger partial charge < -0.3 is 14.6 Å². The van der Waals surface area contributed by atoms with Crippen LogP contribution in [0.15, 0.2) is 16.5 Å². The quantitative estimate of drug-likeness (QED) is 0.911.